The number of carbonyl (C=O) groups excluding carboxylic acids is 1. The molecule has 0 saturated heterocycles. The van der Waals surface area contributed by atoms with Gasteiger partial charge in [0.1, 0.15) is 11.5 Å². The Morgan fingerprint density at radius 3 is 2.97 bits per heavy atom. The van der Waals surface area contributed by atoms with Crippen molar-refractivity contribution in [2.75, 3.05) is 12.4 Å². The second-order valence-corrected chi connectivity index (χ2v) is 7.87. The lowest BCUT2D eigenvalue weighted by Gasteiger charge is -2.04. The van der Waals surface area contributed by atoms with E-state index in [-0.39, 0.29) is 11.7 Å². The topological polar surface area (TPSA) is 82.2 Å². The number of thiazole rings is 1. The Labute approximate surface area is 175 Å². The maximum Gasteiger partial charge on any atom is 0.293 e. The quantitative estimate of drug-likeness (QED) is 0.432. The zero-order chi connectivity index (χ0) is 20.2. The molecule has 0 aliphatic carbocycles. The number of rotatable bonds is 7. The number of nitrogens with zero attached hydrogens (tertiary/aromatic N) is 3. The number of amides is 1. The molecule has 4 aromatic rings. The fourth-order valence-electron chi connectivity index (χ4n) is 2.67. The monoisotopic (exact) mass is 426 g/mol. The number of aromatic nitrogens is 3. The van der Waals surface area contributed by atoms with Gasteiger partial charge in [0.2, 0.25) is 0 Å². The summed E-state index contributed by atoms with van der Waals surface area (Å²) in [6, 6.07) is 11.1. The van der Waals surface area contributed by atoms with Crippen molar-refractivity contribution in [1.82, 2.24) is 14.5 Å². The van der Waals surface area contributed by atoms with Gasteiger partial charge >= 0.3 is 0 Å². The molecule has 0 atom stereocenters. The Balaban J connectivity index is 1.41. The predicted octanol–water partition coefficient (Wildman–Crippen LogP) is 4.69. The molecule has 7 nitrogen and oxygen atoms in total. The second kappa shape index (κ2) is 8.54. The molecule has 0 unspecified atom stereocenters. The van der Waals surface area contributed by atoms with Crippen LogP contribution in [0.25, 0.3) is 11.3 Å². The van der Waals surface area contributed by atoms with Crippen LogP contribution >= 0.6 is 23.1 Å². The molecule has 4 rings (SSSR count). The molecule has 1 N–H and O–H groups in total. The van der Waals surface area contributed by atoms with Gasteiger partial charge in [-0.3, -0.25) is 10.1 Å². The third kappa shape index (κ3) is 4.36. The first kappa shape index (κ1) is 19.3. The highest BCUT2D eigenvalue weighted by molar-refractivity contribution is 7.98. The molecule has 0 aliphatic rings. The second-order valence-electron chi connectivity index (χ2n) is 6.07. The number of imidazole rings is 1. The third-order valence-electron chi connectivity index (χ3n) is 4.11. The lowest BCUT2D eigenvalue weighted by atomic mass is 10.1. The van der Waals surface area contributed by atoms with E-state index >= 15 is 0 Å². The average molecular weight is 427 g/mol. The minimum absolute atomic E-state index is 0.245. The van der Waals surface area contributed by atoms with E-state index in [2.05, 4.69) is 15.3 Å². The Bertz CT molecular complexity index is 1130. The van der Waals surface area contributed by atoms with Crippen molar-refractivity contribution in [2.45, 2.75) is 10.9 Å². The molecule has 3 heterocycles. The number of thioether (sulfide) groups is 1. The maximum atomic E-state index is 12.5. The van der Waals surface area contributed by atoms with Gasteiger partial charge in [0.15, 0.2) is 16.0 Å². The number of hydrogen-bond donors (Lipinski definition) is 1. The summed E-state index contributed by atoms with van der Waals surface area (Å²) in [5.41, 5.74) is 1.62. The zero-order valence-electron chi connectivity index (χ0n) is 15.8. The van der Waals surface area contributed by atoms with Crippen LogP contribution < -0.4 is 10.1 Å². The van der Waals surface area contributed by atoms with E-state index in [4.69, 9.17) is 9.15 Å². The largest absolute Gasteiger partial charge is 0.496 e. The van der Waals surface area contributed by atoms with Gasteiger partial charge in [-0.25, -0.2) is 9.97 Å². The summed E-state index contributed by atoms with van der Waals surface area (Å²) in [6.45, 7) is 0. The highest BCUT2D eigenvalue weighted by Gasteiger charge is 2.15. The van der Waals surface area contributed by atoms with Crippen molar-refractivity contribution in [1.29, 1.82) is 0 Å². The number of nitrogens with one attached hydrogen (secondary N) is 1. The number of ether oxygens (including phenoxy) is 1. The van der Waals surface area contributed by atoms with Crippen LogP contribution in [-0.4, -0.2) is 27.6 Å². The average Bonchev–Trinajstić information content (AvgIpc) is 3.47. The van der Waals surface area contributed by atoms with Crippen molar-refractivity contribution < 1.29 is 13.9 Å². The number of furan rings is 1. The van der Waals surface area contributed by atoms with Crippen LogP contribution in [0.1, 0.15) is 16.3 Å². The SMILES string of the molecule is COc1ccccc1-c1csc(NC(=O)c2ccc(CSc3nccn3C)o2)n1. The molecule has 9 heteroatoms. The Hall–Kier alpha value is -3.04. The zero-order valence-corrected chi connectivity index (χ0v) is 17.4. The summed E-state index contributed by atoms with van der Waals surface area (Å²) in [4.78, 5) is 21.2. The van der Waals surface area contributed by atoms with Crippen LogP contribution in [0.5, 0.6) is 5.75 Å². The summed E-state index contributed by atoms with van der Waals surface area (Å²) in [5, 5.41) is 6.05. The summed E-state index contributed by atoms with van der Waals surface area (Å²) in [7, 11) is 3.55. The van der Waals surface area contributed by atoms with Crippen LogP contribution in [-0.2, 0) is 12.8 Å². The highest BCUT2D eigenvalue weighted by Crippen LogP contribution is 2.32. The molecule has 29 heavy (non-hydrogen) atoms. The first-order valence-electron chi connectivity index (χ1n) is 8.73. The summed E-state index contributed by atoms with van der Waals surface area (Å²) in [5.74, 6) is 1.94. The van der Waals surface area contributed by atoms with Crippen molar-refractivity contribution >= 4 is 34.1 Å². The molecule has 0 spiro atoms. The van der Waals surface area contributed by atoms with Gasteiger partial charge in [0.25, 0.3) is 5.91 Å². The van der Waals surface area contributed by atoms with Gasteiger partial charge in [-0.05, 0) is 24.3 Å². The fraction of sp³-hybridized carbons (Fsp3) is 0.150. The van der Waals surface area contributed by atoms with E-state index < -0.39 is 0 Å². The van der Waals surface area contributed by atoms with E-state index in [0.717, 1.165) is 22.2 Å². The molecule has 0 saturated carbocycles. The van der Waals surface area contributed by atoms with Crippen LogP contribution in [0.4, 0.5) is 5.13 Å². The van der Waals surface area contributed by atoms with E-state index in [1.807, 2.05) is 47.5 Å². The van der Waals surface area contributed by atoms with E-state index in [9.17, 15) is 4.79 Å². The van der Waals surface area contributed by atoms with Crippen LogP contribution in [0.15, 0.2) is 63.7 Å². The molecular weight excluding hydrogens is 408 g/mol. The number of benzene rings is 1. The van der Waals surface area contributed by atoms with Crippen molar-refractivity contribution in [2.24, 2.45) is 7.05 Å². The fourth-order valence-corrected chi connectivity index (χ4v) is 4.21. The maximum absolute atomic E-state index is 12.5. The van der Waals surface area contributed by atoms with Crippen LogP contribution in [0.2, 0.25) is 0 Å². The lowest BCUT2D eigenvalue weighted by Crippen LogP contribution is -2.10. The normalized spacial score (nSPS) is 10.8. The van der Waals surface area contributed by atoms with Gasteiger partial charge < -0.3 is 13.7 Å². The van der Waals surface area contributed by atoms with Gasteiger partial charge in [-0.1, -0.05) is 23.9 Å². The predicted molar refractivity (Wildman–Crippen MR) is 114 cm³/mol. The third-order valence-corrected chi connectivity index (χ3v) is 5.95. The minimum Gasteiger partial charge on any atom is -0.496 e. The number of hydrogen-bond acceptors (Lipinski definition) is 7. The molecule has 0 radical (unpaired) electrons. The number of methoxy groups -OCH3 is 1. The van der Waals surface area contributed by atoms with Gasteiger partial charge in [0, 0.05) is 30.4 Å². The minimum atomic E-state index is -0.334. The Kier molecular flexibility index (Phi) is 5.68. The van der Waals surface area contributed by atoms with E-state index in [0.29, 0.717) is 16.6 Å². The summed E-state index contributed by atoms with van der Waals surface area (Å²) >= 11 is 2.89. The van der Waals surface area contributed by atoms with E-state index in [1.54, 1.807) is 37.2 Å². The Morgan fingerprint density at radius 2 is 2.17 bits per heavy atom. The van der Waals surface area contributed by atoms with Gasteiger partial charge in [-0.2, -0.15) is 0 Å². The first-order valence-corrected chi connectivity index (χ1v) is 10.6. The number of para-hydroxylation sites is 1. The van der Waals surface area contributed by atoms with Gasteiger partial charge in [0.05, 0.1) is 18.6 Å². The molecule has 1 aromatic carbocycles. The highest BCUT2D eigenvalue weighted by atomic mass is 32.2. The molecule has 0 bridgehead atoms. The first-order chi connectivity index (χ1) is 14.1. The summed E-state index contributed by atoms with van der Waals surface area (Å²) < 4.78 is 13.0. The number of anilines is 1. The molecule has 0 fully saturated rings. The molecular formula is C20H18N4O3S2. The van der Waals surface area contributed by atoms with E-state index in [1.165, 1.54) is 11.3 Å². The van der Waals surface area contributed by atoms with Gasteiger partial charge in [-0.15, -0.1) is 11.3 Å². The standard InChI is InChI=1S/C20H18N4O3S2/c1-24-10-9-21-20(24)29-11-13-7-8-17(27-13)18(25)23-19-22-15(12-28-19)14-5-3-4-6-16(14)26-2/h3-10,12H,11H2,1-2H3,(H,22,23,25). The van der Waals surface area contributed by atoms with Crippen LogP contribution in [0.3, 0.4) is 0 Å². The smallest absolute Gasteiger partial charge is 0.293 e. The number of carbonyl (C=O) groups is 1. The van der Waals surface area contributed by atoms with Crippen molar-refractivity contribution in [3.63, 3.8) is 0 Å². The molecule has 1 amide bonds. The lowest BCUT2D eigenvalue weighted by molar-refractivity contribution is 0.0995. The van der Waals surface area contributed by atoms with Crippen LogP contribution in [0, 0.1) is 0 Å². The molecule has 3 aromatic heterocycles. The molecule has 0 aliphatic heterocycles. The van der Waals surface area contributed by atoms with Crippen molar-refractivity contribution in [3.05, 3.63) is 65.7 Å². The molecule has 148 valence electrons. The number of aryl methyl sites for hydroxylation is 1. The van der Waals surface area contributed by atoms with Crippen molar-refractivity contribution in [3.8, 4) is 17.0 Å². The summed E-state index contributed by atoms with van der Waals surface area (Å²) in [6.07, 6.45) is 3.63. The Morgan fingerprint density at radius 1 is 1.31 bits per heavy atom.